The number of β-amino-alcohol motifs (C(OH)–C–C–N with tert-alkyl or cyclic N) is 1. The van der Waals surface area contributed by atoms with Crippen molar-refractivity contribution in [1.29, 1.82) is 0 Å². The van der Waals surface area contributed by atoms with Crippen LogP contribution in [0.1, 0.15) is 5.69 Å². The molecule has 3 heterocycles. The summed E-state index contributed by atoms with van der Waals surface area (Å²) in [6.07, 6.45) is 1.17. The third-order valence-corrected chi connectivity index (χ3v) is 5.17. The highest BCUT2D eigenvalue weighted by Gasteiger charge is 2.31. The highest BCUT2D eigenvalue weighted by Crippen LogP contribution is 2.27. The highest BCUT2D eigenvalue weighted by molar-refractivity contribution is 7.15. The van der Waals surface area contributed by atoms with Gasteiger partial charge in [-0.05, 0) is 13.0 Å². The van der Waals surface area contributed by atoms with Gasteiger partial charge in [0.05, 0.1) is 18.8 Å². The van der Waals surface area contributed by atoms with Crippen molar-refractivity contribution in [3.63, 3.8) is 0 Å². The summed E-state index contributed by atoms with van der Waals surface area (Å²) >= 11 is 1.32. The van der Waals surface area contributed by atoms with Crippen LogP contribution in [0.2, 0.25) is 0 Å². The van der Waals surface area contributed by atoms with Gasteiger partial charge in [-0.1, -0.05) is 18.2 Å². The van der Waals surface area contributed by atoms with Crippen LogP contribution in [0.4, 0.5) is 5.69 Å². The summed E-state index contributed by atoms with van der Waals surface area (Å²) in [6, 6.07) is 6.85. The molecule has 10 heteroatoms. The molecule has 0 fully saturated rings. The predicted molar refractivity (Wildman–Crippen MR) is 103 cm³/mol. The lowest BCUT2D eigenvalue weighted by molar-refractivity contribution is -0.137. The molecule has 4 rings (SSSR count). The van der Waals surface area contributed by atoms with Crippen molar-refractivity contribution in [3.05, 3.63) is 57.5 Å². The fraction of sp³-hybridized carbons (Fsp3) is 0.167. The number of anilines is 1. The molecule has 0 saturated heterocycles. The first-order chi connectivity index (χ1) is 13.5. The number of aliphatic hydroxyl groups excluding tert-OH is 1. The summed E-state index contributed by atoms with van der Waals surface area (Å²) in [4.78, 5) is 42.3. The molecule has 0 spiro atoms. The van der Waals surface area contributed by atoms with E-state index in [0.29, 0.717) is 16.2 Å². The van der Waals surface area contributed by atoms with Crippen molar-refractivity contribution in [2.45, 2.75) is 6.92 Å². The van der Waals surface area contributed by atoms with Crippen molar-refractivity contribution in [2.24, 2.45) is 0 Å². The minimum absolute atomic E-state index is 0.0618. The lowest BCUT2D eigenvalue weighted by atomic mass is 10.1. The zero-order valence-corrected chi connectivity index (χ0v) is 15.6. The van der Waals surface area contributed by atoms with E-state index in [1.165, 1.54) is 17.4 Å². The average Bonchev–Trinajstić information content (AvgIpc) is 3.16. The molecule has 2 N–H and O–H groups in total. The maximum atomic E-state index is 12.5. The third kappa shape index (κ3) is 2.98. The Morgan fingerprint density at radius 2 is 2.00 bits per heavy atom. The van der Waals surface area contributed by atoms with Crippen molar-refractivity contribution < 1.29 is 14.7 Å². The molecule has 0 unspecified atom stereocenters. The van der Waals surface area contributed by atoms with E-state index in [9.17, 15) is 14.4 Å². The first-order valence-corrected chi connectivity index (χ1v) is 9.27. The number of benzene rings is 1. The predicted octanol–water partition coefficient (Wildman–Crippen LogP) is 0.783. The van der Waals surface area contributed by atoms with Crippen LogP contribution in [-0.4, -0.2) is 49.6 Å². The number of hydrogen-bond acceptors (Lipinski definition) is 8. The number of aliphatic hydroxyl groups is 1. The summed E-state index contributed by atoms with van der Waals surface area (Å²) < 4.78 is 1.59. The number of imide groups is 1. The molecule has 0 saturated carbocycles. The average molecular weight is 397 g/mol. The molecular weight excluding hydrogens is 382 g/mol. The van der Waals surface area contributed by atoms with Crippen LogP contribution < -0.4 is 10.9 Å². The van der Waals surface area contributed by atoms with E-state index < -0.39 is 17.4 Å². The molecule has 0 bridgehead atoms. The summed E-state index contributed by atoms with van der Waals surface area (Å²) in [5.74, 6) is -1.05. The Morgan fingerprint density at radius 3 is 2.79 bits per heavy atom. The molecule has 0 aliphatic carbocycles. The van der Waals surface area contributed by atoms with Crippen molar-refractivity contribution in [2.75, 3.05) is 18.5 Å². The number of nitrogens with one attached hydrogen (secondary N) is 1. The molecule has 142 valence electrons. The number of aryl methyl sites for hydroxylation is 1. The van der Waals surface area contributed by atoms with E-state index in [4.69, 9.17) is 5.11 Å². The van der Waals surface area contributed by atoms with E-state index in [1.807, 2.05) is 12.3 Å². The van der Waals surface area contributed by atoms with Gasteiger partial charge in [0.2, 0.25) is 4.96 Å². The number of hydrogen-bond donors (Lipinski definition) is 2. The van der Waals surface area contributed by atoms with Crippen LogP contribution in [0, 0.1) is 6.92 Å². The molecule has 1 aliphatic rings. The molecule has 1 aliphatic heterocycles. The van der Waals surface area contributed by atoms with Gasteiger partial charge in [0.25, 0.3) is 11.8 Å². The second kappa shape index (κ2) is 6.98. The second-order valence-electron chi connectivity index (χ2n) is 6.08. The second-order valence-corrected chi connectivity index (χ2v) is 6.92. The maximum Gasteiger partial charge on any atom is 0.300 e. The number of para-hydroxylation sites is 1. The highest BCUT2D eigenvalue weighted by atomic mass is 32.1. The smallest absolute Gasteiger partial charge is 0.300 e. The summed E-state index contributed by atoms with van der Waals surface area (Å²) in [6.45, 7) is 1.46. The lowest BCUT2D eigenvalue weighted by Gasteiger charge is -2.14. The fourth-order valence-corrected chi connectivity index (χ4v) is 3.69. The maximum absolute atomic E-state index is 12.5. The minimum atomic E-state index is -0.541. The van der Waals surface area contributed by atoms with Gasteiger partial charge in [-0.2, -0.15) is 10.1 Å². The molecular formula is C18H15N5O4S. The number of thiazole rings is 1. The van der Waals surface area contributed by atoms with Gasteiger partial charge in [0.15, 0.2) is 5.69 Å². The Hall–Kier alpha value is -3.37. The van der Waals surface area contributed by atoms with Gasteiger partial charge < -0.3 is 10.4 Å². The quantitative estimate of drug-likeness (QED) is 0.611. The number of carbonyl (C=O) groups excluding carboxylic acids is 2. The number of carbonyl (C=O) groups is 2. The van der Waals surface area contributed by atoms with Crippen LogP contribution in [0.5, 0.6) is 0 Å². The topological polar surface area (TPSA) is 117 Å². The van der Waals surface area contributed by atoms with Crippen LogP contribution in [0.3, 0.4) is 0 Å². The standard InChI is InChI=1S/C18H15N5O4S/c1-10-9-28-18-20-16(26)15(21-23(10)18)11-4-2-3-5-12(11)19-13-8-14(25)22(6-7-24)17(13)27/h2-5,8-9,19,24H,6-7H2,1H3. The summed E-state index contributed by atoms with van der Waals surface area (Å²) in [5.41, 5.74) is 1.46. The Morgan fingerprint density at radius 1 is 1.21 bits per heavy atom. The number of fused-ring (bicyclic) bond motifs is 1. The van der Waals surface area contributed by atoms with Gasteiger partial charge in [-0.25, -0.2) is 4.52 Å². The largest absolute Gasteiger partial charge is 0.395 e. The van der Waals surface area contributed by atoms with Gasteiger partial charge >= 0.3 is 5.56 Å². The summed E-state index contributed by atoms with van der Waals surface area (Å²) in [5, 5.41) is 18.2. The monoisotopic (exact) mass is 397 g/mol. The van der Waals surface area contributed by atoms with Gasteiger partial charge in [0.1, 0.15) is 5.70 Å². The Balaban J connectivity index is 1.75. The lowest BCUT2D eigenvalue weighted by Crippen LogP contribution is -2.34. The molecule has 28 heavy (non-hydrogen) atoms. The molecule has 0 radical (unpaired) electrons. The Kier molecular flexibility index (Phi) is 4.49. The first-order valence-electron chi connectivity index (χ1n) is 8.39. The van der Waals surface area contributed by atoms with E-state index in [0.717, 1.165) is 10.6 Å². The minimum Gasteiger partial charge on any atom is -0.395 e. The van der Waals surface area contributed by atoms with Crippen LogP contribution in [-0.2, 0) is 9.59 Å². The number of amides is 2. The normalized spacial score (nSPS) is 14.1. The van der Waals surface area contributed by atoms with Crippen molar-refractivity contribution in [1.82, 2.24) is 19.5 Å². The Bertz CT molecular complexity index is 1200. The zero-order chi connectivity index (χ0) is 19.8. The van der Waals surface area contributed by atoms with E-state index in [-0.39, 0.29) is 24.5 Å². The number of nitrogens with zero attached hydrogens (tertiary/aromatic N) is 4. The van der Waals surface area contributed by atoms with E-state index >= 15 is 0 Å². The fourth-order valence-electron chi connectivity index (χ4n) is 2.89. The zero-order valence-electron chi connectivity index (χ0n) is 14.7. The van der Waals surface area contributed by atoms with Crippen LogP contribution >= 0.6 is 11.3 Å². The SMILES string of the molecule is Cc1csc2nc(=O)c(-c3ccccc3NC3=CC(=O)N(CCO)C3=O)nn12. The number of rotatable bonds is 5. The third-order valence-electron chi connectivity index (χ3n) is 4.23. The van der Waals surface area contributed by atoms with E-state index in [2.05, 4.69) is 15.4 Å². The van der Waals surface area contributed by atoms with Gasteiger partial charge in [-0.3, -0.25) is 19.3 Å². The molecule has 2 amide bonds. The molecule has 9 nitrogen and oxygen atoms in total. The van der Waals surface area contributed by atoms with Crippen LogP contribution in [0.25, 0.3) is 16.2 Å². The van der Waals surface area contributed by atoms with E-state index in [1.54, 1.807) is 28.8 Å². The molecule has 3 aromatic rings. The summed E-state index contributed by atoms with van der Waals surface area (Å²) in [7, 11) is 0. The van der Waals surface area contributed by atoms with Crippen LogP contribution in [0.15, 0.2) is 46.2 Å². The molecule has 1 aromatic carbocycles. The van der Waals surface area contributed by atoms with Crippen molar-refractivity contribution >= 4 is 33.8 Å². The Labute approximate surface area is 162 Å². The van der Waals surface area contributed by atoms with Crippen molar-refractivity contribution in [3.8, 4) is 11.3 Å². The first kappa shape index (κ1) is 18.0. The van der Waals surface area contributed by atoms with Gasteiger partial charge in [-0.15, -0.1) is 11.3 Å². The molecule has 2 aromatic heterocycles. The molecule has 0 atom stereocenters. The number of aromatic nitrogens is 3. The van der Waals surface area contributed by atoms with Gasteiger partial charge in [0, 0.05) is 22.7 Å².